The van der Waals surface area contributed by atoms with Gasteiger partial charge in [-0.1, -0.05) is 6.07 Å². The van der Waals surface area contributed by atoms with Crippen molar-refractivity contribution in [1.82, 2.24) is 14.9 Å². The zero-order valence-electron chi connectivity index (χ0n) is 18.7. The van der Waals surface area contributed by atoms with E-state index in [9.17, 15) is 13.2 Å². The molecule has 1 aromatic carbocycles. The number of fused-ring (bicyclic) bond motifs is 1. The molecule has 1 aliphatic heterocycles. The second-order valence-corrected chi connectivity index (χ2v) is 8.64. The van der Waals surface area contributed by atoms with Gasteiger partial charge in [0.15, 0.2) is 5.65 Å². The lowest BCUT2D eigenvalue weighted by atomic mass is 9.94. The Morgan fingerprint density at radius 1 is 1.09 bits per heavy atom. The highest BCUT2D eigenvalue weighted by Crippen LogP contribution is 2.34. The number of piperidine rings is 1. The first kappa shape index (κ1) is 22.5. The molecular formula is C25H28F3N3O. The molecule has 1 saturated heterocycles. The summed E-state index contributed by atoms with van der Waals surface area (Å²) in [5.41, 5.74) is 5.49. The van der Waals surface area contributed by atoms with E-state index < -0.39 is 12.6 Å². The lowest BCUT2D eigenvalue weighted by Gasteiger charge is -2.32. The van der Waals surface area contributed by atoms with Gasteiger partial charge in [0.1, 0.15) is 5.75 Å². The molecule has 32 heavy (non-hydrogen) atoms. The Kier molecular flexibility index (Phi) is 6.38. The summed E-state index contributed by atoms with van der Waals surface area (Å²) < 4.78 is 43.5. The highest BCUT2D eigenvalue weighted by atomic mass is 19.4. The summed E-state index contributed by atoms with van der Waals surface area (Å²) >= 11 is 0. The van der Waals surface area contributed by atoms with E-state index in [1.54, 1.807) is 7.11 Å². The summed E-state index contributed by atoms with van der Waals surface area (Å²) in [6.07, 6.45) is -3.10. The lowest BCUT2D eigenvalue weighted by Crippen LogP contribution is -2.36. The van der Waals surface area contributed by atoms with E-state index in [0.29, 0.717) is 18.7 Å². The fraction of sp³-hybridized carbons (Fsp3) is 0.440. The van der Waals surface area contributed by atoms with Crippen LogP contribution in [-0.4, -0.2) is 47.8 Å². The predicted octanol–water partition coefficient (Wildman–Crippen LogP) is 6.05. The number of rotatable bonds is 5. The number of pyridine rings is 2. The molecule has 0 radical (unpaired) electrons. The van der Waals surface area contributed by atoms with Crippen LogP contribution < -0.4 is 4.74 Å². The van der Waals surface area contributed by atoms with E-state index in [2.05, 4.69) is 6.07 Å². The van der Waals surface area contributed by atoms with Crippen LogP contribution in [0.4, 0.5) is 13.2 Å². The predicted molar refractivity (Wildman–Crippen MR) is 120 cm³/mol. The van der Waals surface area contributed by atoms with Crippen molar-refractivity contribution in [3.63, 3.8) is 0 Å². The Morgan fingerprint density at radius 2 is 1.88 bits per heavy atom. The van der Waals surface area contributed by atoms with E-state index >= 15 is 0 Å². The minimum absolute atomic E-state index is 0.0441. The molecule has 7 heteroatoms. The van der Waals surface area contributed by atoms with Crippen LogP contribution >= 0.6 is 0 Å². The molecule has 3 heterocycles. The standard InChI is InChI=1S/C25H28F3N3O/c1-16-13-17(2)23(22(14-16)32-3)21-9-7-18-6-8-20(29-24(18)30-21)19-5-4-11-31(15-19)12-10-25(26,27)28/h6-9,13-14,19H,4-5,10-12,15H2,1-3H3. The Hall–Kier alpha value is -2.67. The van der Waals surface area contributed by atoms with Gasteiger partial charge in [0.25, 0.3) is 0 Å². The van der Waals surface area contributed by atoms with Crippen molar-refractivity contribution in [2.45, 2.75) is 45.2 Å². The highest BCUT2D eigenvalue weighted by molar-refractivity contribution is 5.81. The number of aromatic nitrogens is 2. The zero-order chi connectivity index (χ0) is 22.9. The quantitative estimate of drug-likeness (QED) is 0.481. The van der Waals surface area contributed by atoms with E-state index in [1.165, 1.54) is 0 Å². The summed E-state index contributed by atoms with van der Waals surface area (Å²) in [6.45, 7) is 5.41. The summed E-state index contributed by atoms with van der Waals surface area (Å²) in [5.74, 6) is 0.889. The molecular weight excluding hydrogens is 415 g/mol. The van der Waals surface area contributed by atoms with E-state index in [1.807, 2.05) is 49.1 Å². The maximum absolute atomic E-state index is 12.6. The Bertz CT molecular complexity index is 1110. The molecule has 1 aliphatic rings. The minimum Gasteiger partial charge on any atom is -0.496 e. The van der Waals surface area contributed by atoms with Crippen molar-refractivity contribution in [3.05, 3.63) is 53.2 Å². The molecule has 0 spiro atoms. The average molecular weight is 444 g/mol. The normalized spacial score (nSPS) is 17.6. The topological polar surface area (TPSA) is 38.2 Å². The third-order valence-electron chi connectivity index (χ3n) is 6.13. The van der Waals surface area contributed by atoms with Crippen LogP contribution in [0.3, 0.4) is 0 Å². The van der Waals surface area contributed by atoms with Crippen molar-refractivity contribution in [1.29, 1.82) is 0 Å². The average Bonchev–Trinajstić information content (AvgIpc) is 2.76. The van der Waals surface area contributed by atoms with Crippen molar-refractivity contribution in [3.8, 4) is 17.0 Å². The number of aryl methyl sites for hydroxylation is 2. The van der Waals surface area contributed by atoms with Crippen molar-refractivity contribution < 1.29 is 17.9 Å². The van der Waals surface area contributed by atoms with Crippen molar-refractivity contribution in [2.75, 3.05) is 26.7 Å². The number of ether oxygens (including phenoxy) is 1. The van der Waals surface area contributed by atoms with E-state index in [4.69, 9.17) is 14.7 Å². The fourth-order valence-corrected chi connectivity index (χ4v) is 4.58. The SMILES string of the molecule is COc1cc(C)cc(C)c1-c1ccc2ccc(C3CCCN(CCC(F)(F)F)C3)nc2n1. The van der Waals surface area contributed by atoms with Crippen LogP contribution in [0.25, 0.3) is 22.3 Å². The summed E-state index contributed by atoms with van der Waals surface area (Å²) in [4.78, 5) is 11.6. The molecule has 0 bridgehead atoms. The zero-order valence-corrected chi connectivity index (χ0v) is 18.7. The molecule has 0 saturated carbocycles. The number of methoxy groups -OCH3 is 1. The first-order chi connectivity index (χ1) is 15.2. The first-order valence-corrected chi connectivity index (χ1v) is 11.0. The van der Waals surface area contributed by atoms with Gasteiger partial charge in [-0.05, 0) is 74.7 Å². The summed E-state index contributed by atoms with van der Waals surface area (Å²) in [7, 11) is 1.66. The Balaban J connectivity index is 1.62. The van der Waals surface area contributed by atoms with Crippen molar-refractivity contribution >= 4 is 11.0 Å². The molecule has 0 amide bonds. The van der Waals surface area contributed by atoms with Crippen LogP contribution in [0.15, 0.2) is 36.4 Å². The molecule has 0 N–H and O–H groups in total. The van der Waals surface area contributed by atoms with Crippen LogP contribution in [0, 0.1) is 13.8 Å². The monoisotopic (exact) mass is 443 g/mol. The summed E-state index contributed by atoms with van der Waals surface area (Å²) in [5, 5.41) is 0.936. The van der Waals surface area contributed by atoms with Gasteiger partial charge in [0.05, 0.1) is 19.2 Å². The molecule has 1 atom stereocenters. The number of nitrogens with zero attached hydrogens (tertiary/aromatic N) is 3. The maximum atomic E-state index is 12.6. The fourth-order valence-electron chi connectivity index (χ4n) is 4.58. The number of alkyl halides is 3. The van der Waals surface area contributed by atoms with Gasteiger partial charge in [0.2, 0.25) is 0 Å². The van der Waals surface area contributed by atoms with Crippen LogP contribution in [0.5, 0.6) is 5.75 Å². The van der Waals surface area contributed by atoms with Gasteiger partial charge in [-0.25, -0.2) is 9.97 Å². The molecule has 1 unspecified atom stereocenters. The molecule has 2 aromatic heterocycles. The first-order valence-electron chi connectivity index (χ1n) is 11.0. The van der Waals surface area contributed by atoms with Crippen LogP contribution in [0.1, 0.15) is 42.0 Å². The third-order valence-corrected chi connectivity index (χ3v) is 6.13. The number of likely N-dealkylation sites (tertiary alicyclic amines) is 1. The van der Waals surface area contributed by atoms with Crippen LogP contribution in [-0.2, 0) is 0 Å². The molecule has 170 valence electrons. The lowest BCUT2D eigenvalue weighted by molar-refractivity contribution is -0.138. The largest absolute Gasteiger partial charge is 0.496 e. The van der Waals surface area contributed by atoms with Crippen molar-refractivity contribution in [2.24, 2.45) is 0 Å². The van der Waals surface area contributed by atoms with Gasteiger partial charge >= 0.3 is 6.18 Å². The Morgan fingerprint density at radius 3 is 2.62 bits per heavy atom. The van der Waals surface area contributed by atoms with Crippen LogP contribution in [0.2, 0.25) is 0 Å². The number of hydrogen-bond acceptors (Lipinski definition) is 4. The Labute approximate surface area is 186 Å². The van der Waals surface area contributed by atoms with Gasteiger partial charge < -0.3 is 9.64 Å². The third kappa shape index (κ3) is 5.04. The van der Waals surface area contributed by atoms with Gasteiger partial charge in [0, 0.05) is 35.7 Å². The van der Waals surface area contributed by atoms with Gasteiger partial charge in [-0.2, -0.15) is 13.2 Å². The second-order valence-electron chi connectivity index (χ2n) is 8.64. The number of halogens is 3. The molecule has 3 aromatic rings. The number of hydrogen-bond donors (Lipinski definition) is 0. The van der Waals surface area contributed by atoms with E-state index in [0.717, 1.165) is 52.1 Å². The van der Waals surface area contributed by atoms with Gasteiger partial charge in [-0.15, -0.1) is 0 Å². The highest BCUT2D eigenvalue weighted by Gasteiger charge is 2.30. The number of benzene rings is 1. The molecule has 0 aliphatic carbocycles. The minimum atomic E-state index is -4.12. The second kappa shape index (κ2) is 9.06. The van der Waals surface area contributed by atoms with Gasteiger partial charge in [-0.3, -0.25) is 0 Å². The smallest absolute Gasteiger partial charge is 0.390 e. The maximum Gasteiger partial charge on any atom is 0.390 e. The molecule has 4 nitrogen and oxygen atoms in total. The summed E-state index contributed by atoms with van der Waals surface area (Å²) in [6, 6.07) is 12.1. The molecule has 4 rings (SSSR count). The van der Waals surface area contributed by atoms with E-state index in [-0.39, 0.29) is 12.5 Å². The molecule has 1 fully saturated rings.